The van der Waals surface area contributed by atoms with Gasteiger partial charge in [0.15, 0.2) is 0 Å². The molecule has 2 aliphatic rings. The Hall–Kier alpha value is -2.19. The van der Waals surface area contributed by atoms with Crippen LogP contribution in [0.25, 0.3) is 0 Å². The fourth-order valence-electron chi connectivity index (χ4n) is 3.41. The molecule has 2 aliphatic heterocycles. The van der Waals surface area contributed by atoms with Crippen molar-refractivity contribution in [1.29, 1.82) is 0 Å². The Morgan fingerprint density at radius 1 is 1.11 bits per heavy atom. The van der Waals surface area contributed by atoms with Crippen molar-refractivity contribution < 1.29 is 18.7 Å². The van der Waals surface area contributed by atoms with Gasteiger partial charge in [0.1, 0.15) is 11.9 Å². The minimum atomic E-state index is -0.681. The van der Waals surface area contributed by atoms with Gasteiger partial charge in [0.25, 0.3) is 5.91 Å². The zero-order valence-corrected chi connectivity index (χ0v) is 15.9. The summed E-state index contributed by atoms with van der Waals surface area (Å²) < 4.78 is 19.1. The summed E-state index contributed by atoms with van der Waals surface area (Å²) in [7, 11) is 2.05. The smallest absolute Gasteiger partial charge is 0.254 e. The lowest BCUT2D eigenvalue weighted by molar-refractivity contribution is -0.136. The van der Waals surface area contributed by atoms with Crippen molar-refractivity contribution in [1.82, 2.24) is 15.1 Å². The third kappa shape index (κ3) is 4.75. The number of carbonyl (C=O) groups is 2. The highest BCUT2D eigenvalue weighted by atomic mass is 19.1. The summed E-state index contributed by atoms with van der Waals surface area (Å²) in [6, 6.07) is 3.57. The molecule has 0 bridgehead atoms. The maximum Gasteiger partial charge on any atom is 0.254 e. The van der Waals surface area contributed by atoms with Crippen molar-refractivity contribution >= 4 is 17.5 Å². The van der Waals surface area contributed by atoms with E-state index >= 15 is 0 Å². The third-order valence-electron chi connectivity index (χ3n) is 5.09. The number of nitrogens with zero attached hydrogens (tertiary/aromatic N) is 3. The van der Waals surface area contributed by atoms with Gasteiger partial charge in [-0.15, -0.1) is 0 Å². The van der Waals surface area contributed by atoms with Gasteiger partial charge in [-0.05, 0) is 32.2 Å². The molecule has 1 aromatic carbocycles. The lowest BCUT2D eigenvalue weighted by Gasteiger charge is -2.35. The number of hydrogen-bond acceptors (Lipinski definition) is 5. The second-order valence-corrected chi connectivity index (χ2v) is 7.08. The highest BCUT2D eigenvalue weighted by Gasteiger charge is 2.26. The average Bonchev–Trinajstić information content (AvgIpc) is 2.68. The van der Waals surface area contributed by atoms with Crippen LogP contribution in [0.1, 0.15) is 17.3 Å². The van der Waals surface area contributed by atoms with E-state index < -0.39 is 17.8 Å². The molecule has 1 unspecified atom stereocenters. The van der Waals surface area contributed by atoms with Gasteiger partial charge >= 0.3 is 0 Å². The first-order chi connectivity index (χ1) is 13.0. The van der Waals surface area contributed by atoms with Crippen LogP contribution < -0.4 is 10.2 Å². The van der Waals surface area contributed by atoms with Crippen LogP contribution in [0, 0.1) is 5.82 Å². The number of ether oxygens (including phenoxy) is 1. The van der Waals surface area contributed by atoms with Crippen molar-refractivity contribution in [2.45, 2.75) is 13.0 Å². The number of hydrogen-bond donors (Lipinski definition) is 1. The predicted octanol–water partition coefficient (Wildman–Crippen LogP) is 0.555. The molecule has 148 valence electrons. The molecule has 2 fully saturated rings. The van der Waals surface area contributed by atoms with E-state index in [1.54, 1.807) is 17.9 Å². The van der Waals surface area contributed by atoms with Crippen LogP contribution in [-0.2, 0) is 9.53 Å². The van der Waals surface area contributed by atoms with E-state index in [0.717, 1.165) is 26.2 Å². The van der Waals surface area contributed by atoms with Crippen LogP contribution in [0.4, 0.5) is 10.1 Å². The first kappa shape index (κ1) is 19.6. The third-order valence-corrected chi connectivity index (χ3v) is 5.09. The Labute approximate surface area is 159 Å². The molecule has 8 heteroatoms. The fourth-order valence-corrected chi connectivity index (χ4v) is 3.41. The van der Waals surface area contributed by atoms with E-state index in [2.05, 4.69) is 22.2 Å². The quantitative estimate of drug-likeness (QED) is 0.829. The number of nitrogens with one attached hydrogen (secondary N) is 1. The maximum absolute atomic E-state index is 13.8. The molecular weight excluding hydrogens is 351 g/mol. The van der Waals surface area contributed by atoms with Gasteiger partial charge in [-0.25, -0.2) is 4.39 Å². The first-order valence-corrected chi connectivity index (χ1v) is 9.36. The largest absolute Gasteiger partial charge is 0.378 e. The van der Waals surface area contributed by atoms with Gasteiger partial charge in [-0.3, -0.25) is 9.59 Å². The minimum Gasteiger partial charge on any atom is -0.378 e. The molecule has 7 nitrogen and oxygen atoms in total. The van der Waals surface area contributed by atoms with E-state index in [1.165, 1.54) is 12.1 Å². The first-order valence-electron chi connectivity index (χ1n) is 9.36. The summed E-state index contributed by atoms with van der Waals surface area (Å²) in [6.45, 7) is 7.00. The van der Waals surface area contributed by atoms with Gasteiger partial charge in [0, 0.05) is 45.0 Å². The lowest BCUT2D eigenvalue weighted by atomic mass is 10.1. The highest BCUT2D eigenvalue weighted by molar-refractivity contribution is 6.02. The van der Waals surface area contributed by atoms with E-state index in [9.17, 15) is 14.0 Å². The highest BCUT2D eigenvalue weighted by Crippen LogP contribution is 2.23. The second kappa shape index (κ2) is 8.67. The summed E-state index contributed by atoms with van der Waals surface area (Å²) in [6.07, 6.45) is 0. The maximum atomic E-state index is 13.8. The molecule has 27 heavy (non-hydrogen) atoms. The Morgan fingerprint density at radius 3 is 2.44 bits per heavy atom. The SMILES string of the molecule is CC(NC(=O)c1cc(F)ccc1N1CCN(C)CC1)C(=O)N1CCOCC1. The molecule has 0 radical (unpaired) electrons. The number of rotatable bonds is 4. The zero-order chi connectivity index (χ0) is 19.4. The summed E-state index contributed by atoms with van der Waals surface area (Å²) >= 11 is 0. The van der Waals surface area contributed by atoms with E-state index in [1.807, 2.05) is 0 Å². The van der Waals surface area contributed by atoms with Crippen LogP contribution in [0.3, 0.4) is 0 Å². The molecule has 0 saturated carbocycles. The van der Waals surface area contributed by atoms with Gasteiger partial charge in [-0.1, -0.05) is 0 Å². The van der Waals surface area contributed by atoms with Crippen molar-refractivity contribution in [2.24, 2.45) is 0 Å². The minimum absolute atomic E-state index is 0.149. The molecule has 3 rings (SSSR count). The molecule has 0 aromatic heterocycles. The van der Waals surface area contributed by atoms with Gasteiger partial charge < -0.3 is 24.8 Å². The Kier molecular flexibility index (Phi) is 6.28. The van der Waals surface area contributed by atoms with Crippen molar-refractivity contribution in [3.8, 4) is 0 Å². The molecule has 0 spiro atoms. The average molecular weight is 378 g/mol. The molecule has 2 heterocycles. The number of carbonyl (C=O) groups excluding carboxylic acids is 2. The Balaban J connectivity index is 1.71. The predicted molar refractivity (Wildman–Crippen MR) is 100 cm³/mol. The van der Waals surface area contributed by atoms with Crippen LogP contribution in [0.15, 0.2) is 18.2 Å². The Morgan fingerprint density at radius 2 is 1.78 bits per heavy atom. The van der Waals surface area contributed by atoms with Crippen LogP contribution in [0.5, 0.6) is 0 Å². The molecule has 1 N–H and O–H groups in total. The summed E-state index contributed by atoms with van der Waals surface area (Å²) in [4.78, 5) is 31.3. The molecule has 0 aliphatic carbocycles. The van der Waals surface area contributed by atoms with Crippen LogP contribution in [0.2, 0.25) is 0 Å². The van der Waals surface area contributed by atoms with Crippen LogP contribution >= 0.6 is 0 Å². The molecule has 1 atom stereocenters. The molecular formula is C19H27FN4O3. The lowest BCUT2D eigenvalue weighted by Crippen LogP contribution is -2.50. The molecule has 2 saturated heterocycles. The summed E-state index contributed by atoms with van der Waals surface area (Å²) in [5.41, 5.74) is 0.967. The summed E-state index contributed by atoms with van der Waals surface area (Å²) in [5, 5.41) is 2.73. The number of amides is 2. The molecule has 2 amide bonds. The van der Waals surface area contributed by atoms with Crippen LogP contribution in [-0.4, -0.2) is 87.2 Å². The fraction of sp³-hybridized carbons (Fsp3) is 0.579. The van der Waals surface area contributed by atoms with Crippen molar-refractivity contribution in [3.05, 3.63) is 29.6 Å². The monoisotopic (exact) mass is 378 g/mol. The molecule has 1 aromatic rings. The van der Waals surface area contributed by atoms with E-state index in [4.69, 9.17) is 4.74 Å². The van der Waals surface area contributed by atoms with E-state index in [0.29, 0.717) is 32.0 Å². The van der Waals surface area contributed by atoms with Gasteiger partial charge in [-0.2, -0.15) is 0 Å². The van der Waals surface area contributed by atoms with Gasteiger partial charge in [0.2, 0.25) is 5.91 Å². The number of anilines is 1. The van der Waals surface area contributed by atoms with Crippen molar-refractivity contribution in [3.63, 3.8) is 0 Å². The normalized spacial score (nSPS) is 19.7. The number of morpholine rings is 1. The van der Waals surface area contributed by atoms with Gasteiger partial charge in [0.05, 0.1) is 18.8 Å². The van der Waals surface area contributed by atoms with E-state index in [-0.39, 0.29) is 11.5 Å². The number of halogens is 1. The van der Waals surface area contributed by atoms with Crippen molar-refractivity contribution in [2.75, 3.05) is 64.4 Å². The number of likely N-dealkylation sites (N-methyl/N-ethyl adjacent to an activating group) is 1. The second-order valence-electron chi connectivity index (χ2n) is 7.08. The zero-order valence-electron chi connectivity index (χ0n) is 15.9. The number of piperazine rings is 1. The standard InChI is InChI=1S/C19H27FN4O3/c1-14(19(26)24-9-11-27-12-10-24)21-18(25)16-13-15(20)3-4-17(16)23-7-5-22(2)6-8-23/h3-4,13-14H,5-12H2,1-2H3,(H,21,25). The Bertz CT molecular complexity index is 686. The summed E-state index contributed by atoms with van der Waals surface area (Å²) in [5.74, 6) is -1.05. The number of benzene rings is 1. The topological polar surface area (TPSA) is 65.1 Å².